The Morgan fingerprint density at radius 1 is 1.12 bits per heavy atom. The minimum Gasteiger partial charge on any atom is -0.370 e. The third-order valence-corrected chi connectivity index (χ3v) is 3.72. The van der Waals surface area contributed by atoms with Crippen molar-refractivity contribution in [1.82, 2.24) is 4.57 Å². The van der Waals surface area contributed by atoms with Gasteiger partial charge in [0.15, 0.2) is 5.96 Å². The number of carbonyl (C=O) groups is 1. The van der Waals surface area contributed by atoms with Gasteiger partial charge in [-0.3, -0.25) is 14.2 Å². The molecule has 6 nitrogen and oxygen atoms in total. The Morgan fingerprint density at radius 2 is 1.88 bits per heavy atom. The van der Waals surface area contributed by atoms with Crippen molar-refractivity contribution in [3.05, 3.63) is 76.0 Å². The lowest BCUT2D eigenvalue weighted by Crippen LogP contribution is -2.25. The topological polar surface area (TPSA) is 103 Å². The molecule has 0 saturated heterocycles. The van der Waals surface area contributed by atoms with Gasteiger partial charge in [-0.05, 0) is 31.2 Å². The first-order valence-corrected chi connectivity index (χ1v) is 7.43. The van der Waals surface area contributed by atoms with Crippen molar-refractivity contribution in [1.29, 1.82) is 0 Å². The highest BCUT2D eigenvalue weighted by molar-refractivity contribution is 6.10. The maximum absolute atomic E-state index is 13.5. The first kappa shape index (κ1) is 16.4. The summed E-state index contributed by atoms with van der Waals surface area (Å²) in [6.07, 6.45) is 1.33. The SMILES string of the molecule is Cc1ccc2c(=O)n(-c3cccc(F)c3)cc(C(=O)N=C(N)N)c2c1. The van der Waals surface area contributed by atoms with Crippen LogP contribution in [0.25, 0.3) is 16.5 Å². The molecule has 0 atom stereocenters. The number of amides is 1. The number of hydrogen-bond donors (Lipinski definition) is 2. The highest BCUT2D eigenvalue weighted by atomic mass is 19.1. The maximum atomic E-state index is 13.5. The van der Waals surface area contributed by atoms with E-state index < -0.39 is 11.7 Å². The van der Waals surface area contributed by atoms with Gasteiger partial charge in [0.2, 0.25) is 0 Å². The van der Waals surface area contributed by atoms with E-state index in [0.717, 1.165) is 5.56 Å². The number of halogens is 1. The van der Waals surface area contributed by atoms with Crippen molar-refractivity contribution in [3.8, 4) is 5.69 Å². The van der Waals surface area contributed by atoms with Crippen molar-refractivity contribution >= 4 is 22.6 Å². The number of rotatable bonds is 2. The number of nitrogens with zero attached hydrogens (tertiary/aromatic N) is 2. The Bertz CT molecular complexity index is 1080. The largest absolute Gasteiger partial charge is 0.370 e. The molecule has 0 aliphatic heterocycles. The Balaban J connectivity index is 2.39. The molecule has 4 N–H and O–H groups in total. The van der Waals surface area contributed by atoms with E-state index in [4.69, 9.17) is 11.5 Å². The second-order valence-corrected chi connectivity index (χ2v) is 5.59. The normalized spacial score (nSPS) is 10.6. The predicted molar refractivity (Wildman–Crippen MR) is 94.4 cm³/mol. The molecule has 0 spiro atoms. The quantitative estimate of drug-likeness (QED) is 0.550. The first-order valence-electron chi connectivity index (χ1n) is 7.43. The molecule has 126 valence electrons. The van der Waals surface area contributed by atoms with Gasteiger partial charge in [0.1, 0.15) is 5.82 Å². The van der Waals surface area contributed by atoms with Crippen LogP contribution in [0.4, 0.5) is 4.39 Å². The summed E-state index contributed by atoms with van der Waals surface area (Å²) in [5.41, 5.74) is 11.5. The Kier molecular flexibility index (Phi) is 4.06. The molecule has 1 amide bonds. The number of pyridine rings is 1. The van der Waals surface area contributed by atoms with Crippen LogP contribution in [0, 0.1) is 12.7 Å². The molecule has 1 aromatic heterocycles. The van der Waals surface area contributed by atoms with E-state index in [-0.39, 0.29) is 17.1 Å². The fourth-order valence-electron chi connectivity index (χ4n) is 2.62. The van der Waals surface area contributed by atoms with Crippen LogP contribution in [-0.2, 0) is 0 Å². The van der Waals surface area contributed by atoms with E-state index in [9.17, 15) is 14.0 Å². The zero-order chi connectivity index (χ0) is 18.1. The molecule has 3 aromatic rings. The molecule has 0 radical (unpaired) electrons. The van der Waals surface area contributed by atoms with E-state index in [2.05, 4.69) is 4.99 Å². The zero-order valence-corrected chi connectivity index (χ0v) is 13.4. The number of aliphatic imine (C=N–C) groups is 1. The summed E-state index contributed by atoms with van der Waals surface area (Å²) >= 11 is 0. The summed E-state index contributed by atoms with van der Waals surface area (Å²) < 4.78 is 14.7. The molecule has 0 saturated carbocycles. The molecule has 0 unspecified atom stereocenters. The van der Waals surface area contributed by atoms with Crippen LogP contribution < -0.4 is 17.0 Å². The summed E-state index contributed by atoms with van der Waals surface area (Å²) in [5, 5.41) is 0.749. The molecule has 7 heteroatoms. The number of aryl methyl sites for hydroxylation is 1. The lowest BCUT2D eigenvalue weighted by Gasteiger charge is -2.11. The van der Waals surface area contributed by atoms with Crippen LogP contribution in [0.1, 0.15) is 15.9 Å². The molecule has 0 aliphatic rings. The molecule has 3 rings (SSSR count). The molecular formula is C18H15FN4O2. The average molecular weight is 338 g/mol. The van der Waals surface area contributed by atoms with Crippen LogP contribution in [0.2, 0.25) is 0 Å². The third-order valence-electron chi connectivity index (χ3n) is 3.72. The Hall–Kier alpha value is -3.48. The third kappa shape index (κ3) is 3.12. The van der Waals surface area contributed by atoms with Gasteiger partial charge in [-0.15, -0.1) is 0 Å². The van der Waals surface area contributed by atoms with Gasteiger partial charge in [-0.2, -0.15) is 4.99 Å². The van der Waals surface area contributed by atoms with Gasteiger partial charge >= 0.3 is 0 Å². The van der Waals surface area contributed by atoms with E-state index in [1.807, 2.05) is 6.92 Å². The number of carbonyl (C=O) groups excluding carboxylic acids is 1. The molecule has 25 heavy (non-hydrogen) atoms. The van der Waals surface area contributed by atoms with Crippen molar-refractivity contribution in [2.45, 2.75) is 6.92 Å². The summed E-state index contributed by atoms with van der Waals surface area (Å²) in [4.78, 5) is 28.8. The van der Waals surface area contributed by atoms with E-state index in [1.165, 1.54) is 29.0 Å². The number of fused-ring (bicyclic) bond motifs is 1. The second-order valence-electron chi connectivity index (χ2n) is 5.59. The van der Waals surface area contributed by atoms with Crippen molar-refractivity contribution in [3.63, 3.8) is 0 Å². The van der Waals surface area contributed by atoms with Crippen LogP contribution in [0.5, 0.6) is 0 Å². The van der Waals surface area contributed by atoms with E-state index in [0.29, 0.717) is 16.5 Å². The number of nitrogens with two attached hydrogens (primary N) is 2. The number of benzene rings is 2. The number of guanidine groups is 1. The minimum atomic E-state index is -0.680. The van der Waals surface area contributed by atoms with Crippen molar-refractivity contribution in [2.24, 2.45) is 16.5 Å². The Morgan fingerprint density at radius 3 is 2.56 bits per heavy atom. The zero-order valence-electron chi connectivity index (χ0n) is 13.4. The van der Waals surface area contributed by atoms with E-state index >= 15 is 0 Å². The van der Waals surface area contributed by atoms with E-state index in [1.54, 1.807) is 24.3 Å². The Labute approximate surface area is 142 Å². The highest BCUT2D eigenvalue weighted by Gasteiger charge is 2.16. The standard InChI is InChI=1S/C18H15FN4O2/c1-10-5-6-13-14(7-10)15(16(24)22-18(20)21)9-23(17(13)25)12-4-2-3-11(19)8-12/h2-9H,1H3,(H4,20,21,22,24). The highest BCUT2D eigenvalue weighted by Crippen LogP contribution is 2.20. The van der Waals surface area contributed by atoms with Gasteiger partial charge in [0, 0.05) is 17.0 Å². The van der Waals surface area contributed by atoms with Gasteiger partial charge in [0.25, 0.3) is 11.5 Å². The number of aromatic nitrogens is 1. The molecule has 1 heterocycles. The van der Waals surface area contributed by atoms with Crippen LogP contribution in [0.15, 0.2) is 58.4 Å². The summed E-state index contributed by atoms with van der Waals surface area (Å²) in [6.45, 7) is 1.84. The second kappa shape index (κ2) is 6.20. The average Bonchev–Trinajstić information content (AvgIpc) is 2.54. The lowest BCUT2D eigenvalue weighted by molar-refractivity contribution is 0.100. The summed E-state index contributed by atoms with van der Waals surface area (Å²) in [5.74, 6) is -1.56. The molecule has 2 aromatic carbocycles. The minimum absolute atomic E-state index is 0.149. The van der Waals surface area contributed by atoms with Gasteiger partial charge in [-0.25, -0.2) is 4.39 Å². The lowest BCUT2D eigenvalue weighted by atomic mass is 10.0. The fraction of sp³-hybridized carbons (Fsp3) is 0.0556. The molecule has 0 bridgehead atoms. The van der Waals surface area contributed by atoms with Gasteiger partial charge in [-0.1, -0.05) is 23.8 Å². The summed E-state index contributed by atoms with van der Waals surface area (Å²) in [7, 11) is 0. The van der Waals surface area contributed by atoms with Gasteiger partial charge in [0.05, 0.1) is 11.3 Å². The van der Waals surface area contributed by atoms with Crippen LogP contribution >= 0.6 is 0 Å². The fourth-order valence-corrected chi connectivity index (χ4v) is 2.62. The monoisotopic (exact) mass is 338 g/mol. The first-order chi connectivity index (χ1) is 11.9. The predicted octanol–water partition coefficient (Wildman–Crippen LogP) is 1.85. The van der Waals surface area contributed by atoms with Crippen LogP contribution in [0.3, 0.4) is 0 Å². The molecular weight excluding hydrogens is 323 g/mol. The number of hydrogen-bond acceptors (Lipinski definition) is 2. The van der Waals surface area contributed by atoms with Crippen molar-refractivity contribution in [2.75, 3.05) is 0 Å². The van der Waals surface area contributed by atoms with Crippen molar-refractivity contribution < 1.29 is 9.18 Å². The molecule has 0 aliphatic carbocycles. The maximum Gasteiger partial charge on any atom is 0.282 e. The molecule has 0 fully saturated rings. The van der Waals surface area contributed by atoms with Gasteiger partial charge < -0.3 is 11.5 Å². The van der Waals surface area contributed by atoms with Crippen LogP contribution in [-0.4, -0.2) is 16.4 Å². The smallest absolute Gasteiger partial charge is 0.282 e. The summed E-state index contributed by atoms with van der Waals surface area (Å²) in [6, 6.07) is 10.6.